The number of hydrogen-bond acceptors (Lipinski definition) is 9. The Morgan fingerprint density at radius 3 is 2.00 bits per heavy atom. The number of hydrogen-bond donors (Lipinski definition) is 0. The Balaban J connectivity index is 1.72. The number of likely N-dealkylation sites (N-methyl/N-ethyl adjacent to an activating group) is 1. The largest absolute Gasteiger partial charge is 0.493 e. The summed E-state index contributed by atoms with van der Waals surface area (Å²) in [7, 11) is 11.7. The van der Waals surface area contributed by atoms with Gasteiger partial charge in [-0.15, -0.1) is 0 Å². The highest BCUT2D eigenvalue weighted by molar-refractivity contribution is 5.87. The summed E-state index contributed by atoms with van der Waals surface area (Å²) < 4.78 is 40.5. The van der Waals surface area contributed by atoms with Crippen molar-refractivity contribution in [3.63, 3.8) is 0 Å². The summed E-state index contributed by atoms with van der Waals surface area (Å²) in [6.07, 6.45) is 2.30. The van der Waals surface area contributed by atoms with Crippen molar-refractivity contribution in [1.82, 2.24) is 4.90 Å². The summed E-state index contributed by atoms with van der Waals surface area (Å²) in [4.78, 5) is 14.3. The van der Waals surface area contributed by atoms with Crippen LogP contribution in [-0.4, -0.2) is 67.4 Å². The van der Waals surface area contributed by atoms with Gasteiger partial charge in [-0.25, -0.2) is 0 Å². The van der Waals surface area contributed by atoms with Gasteiger partial charge in [-0.1, -0.05) is 0 Å². The molecule has 0 radical (unpaired) electrons. The van der Waals surface area contributed by atoms with Crippen LogP contribution in [0.2, 0.25) is 0 Å². The second-order valence-electron chi connectivity index (χ2n) is 9.44. The third-order valence-corrected chi connectivity index (χ3v) is 7.64. The third-order valence-electron chi connectivity index (χ3n) is 7.64. The van der Waals surface area contributed by atoms with Gasteiger partial charge in [0.05, 0.1) is 48.2 Å². The van der Waals surface area contributed by atoms with Crippen LogP contribution in [0.5, 0.6) is 46.0 Å². The van der Waals surface area contributed by atoms with Crippen molar-refractivity contribution in [3.05, 3.63) is 46.5 Å². The molecule has 0 saturated carbocycles. The van der Waals surface area contributed by atoms with E-state index in [-0.39, 0.29) is 6.04 Å². The van der Waals surface area contributed by atoms with Gasteiger partial charge in [-0.3, -0.25) is 9.69 Å². The Hall–Kier alpha value is -4.11. The molecule has 3 aromatic carbocycles. The number of nitrogens with zero attached hydrogens (tertiary/aromatic N) is 1. The molecule has 0 aromatic heterocycles. The number of carbonyl (C=O) groups excluding carboxylic acids is 1. The maximum atomic E-state index is 11.9. The van der Waals surface area contributed by atoms with E-state index in [1.165, 1.54) is 19.8 Å². The van der Waals surface area contributed by atoms with Gasteiger partial charge in [0.25, 0.3) is 0 Å². The Morgan fingerprint density at radius 1 is 0.744 bits per heavy atom. The molecule has 3 aromatic rings. The maximum absolute atomic E-state index is 11.9. The predicted molar refractivity (Wildman–Crippen MR) is 146 cm³/mol. The Kier molecular flexibility index (Phi) is 7.18. The molecule has 0 fully saturated rings. The maximum Gasteiger partial charge on any atom is 0.204 e. The van der Waals surface area contributed by atoms with Crippen LogP contribution < -0.4 is 33.2 Å². The first-order valence-electron chi connectivity index (χ1n) is 12.6. The average molecular weight is 536 g/mol. The summed E-state index contributed by atoms with van der Waals surface area (Å²) in [5.74, 6) is 4.12. The first-order valence-corrected chi connectivity index (χ1v) is 12.6. The standard InChI is InChI=1S/C30H33NO8/c1-31-9-8-18-26-20(31)10-16-11-25(39-21-14-24(35-4)22(33-2)12-17(21)15-32)23(34-3)13-19(16)27(26)29(37-6)30(38-7)28(18)36-5/h11-15,20H,8-10H2,1-7H3/t20-/m0/s1. The zero-order valence-electron chi connectivity index (χ0n) is 23.3. The monoisotopic (exact) mass is 535 g/mol. The Morgan fingerprint density at radius 2 is 1.38 bits per heavy atom. The smallest absolute Gasteiger partial charge is 0.204 e. The van der Waals surface area contributed by atoms with E-state index in [4.69, 9.17) is 33.2 Å². The van der Waals surface area contributed by atoms with Crippen LogP contribution in [0.4, 0.5) is 0 Å². The van der Waals surface area contributed by atoms with E-state index >= 15 is 0 Å². The molecule has 5 rings (SSSR count). The molecule has 9 heteroatoms. The number of methoxy groups -OCH3 is 6. The van der Waals surface area contributed by atoms with Crippen LogP contribution in [0, 0.1) is 0 Å². The van der Waals surface area contributed by atoms with Crippen LogP contribution in [0.15, 0.2) is 24.3 Å². The molecular formula is C30H33NO8. The minimum absolute atomic E-state index is 0.109. The average Bonchev–Trinajstić information content (AvgIpc) is 2.97. The van der Waals surface area contributed by atoms with Gasteiger partial charge < -0.3 is 33.2 Å². The lowest BCUT2D eigenvalue weighted by Crippen LogP contribution is -2.36. The van der Waals surface area contributed by atoms with Crippen molar-refractivity contribution in [2.45, 2.75) is 18.9 Å². The lowest BCUT2D eigenvalue weighted by Gasteiger charge is -2.41. The Labute approximate surface area is 228 Å². The van der Waals surface area contributed by atoms with Gasteiger partial charge in [-0.2, -0.15) is 0 Å². The quantitative estimate of drug-likeness (QED) is 0.348. The lowest BCUT2D eigenvalue weighted by molar-refractivity contribution is 0.112. The molecular weight excluding hydrogens is 502 g/mol. The van der Waals surface area contributed by atoms with Gasteiger partial charge in [0.2, 0.25) is 5.75 Å². The van der Waals surface area contributed by atoms with Crippen molar-refractivity contribution >= 4 is 6.29 Å². The number of fused-ring (bicyclic) bond motifs is 2. The second kappa shape index (κ2) is 10.6. The van der Waals surface area contributed by atoms with Gasteiger partial charge in [0, 0.05) is 29.8 Å². The van der Waals surface area contributed by atoms with Crippen LogP contribution in [-0.2, 0) is 12.8 Å². The number of carbonyl (C=O) groups is 1. The van der Waals surface area contributed by atoms with Gasteiger partial charge in [-0.05, 0) is 54.8 Å². The number of benzene rings is 3. The van der Waals surface area contributed by atoms with Crippen LogP contribution in [0.3, 0.4) is 0 Å². The van der Waals surface area contributed by atoms with Crippen LogP contribution >= 0.6 is 0 Å². The summed E-state index contributed by atoms with van der Waals surface area (Å²) in [5, 5.41) is 0. The molecule has 1 atom stereocenters. The van der Waals surface area contributed by atoms with E-state index < -0.39 is 0 Å². The SMILES string of the molecule is COc1cc(C=O)c(Oc2cc3c(cc2OC)-c2c(OC)c(OC)c(OC)c4c2[C@H](C3)N(C)CC4)cc1OC. The number of aldehydes is 1. The predicted octanol–water partition coefficient (Wildman–Crippen LogP) is 5.10. The third kappa shape index (κ3) is 4.17. The number of ether oxygens (including phenoxy) is 7. The summed E-state index contributed by atoms with van der Waals surface area (Å²) in [6, 6.07) is 7.27. The van der Waals surface area contributed by atoms with Crippen LogP contribution in [0.25, 0.3) is 11.1 Å². The summed E-state index contributed by atoms with van der Waals surface area (Å²) in [6.45, 7) is 0.881. The minimum Gasteiger partial charge on any atom is -0.493 e. The minimum atomic E-state index is 0.109. The molecule has 0 bridgehead atoms. The van der Waals surface area contributed by atoms with Gasteiger partial charge >= 0.3 is 0 Å². The van der Waals surface area contributed by atoms with Crippen molar-refractivity contribution < 1.29 is 38.0 Å². The van der Waals surface area contributed by atoms with Crippen molar-refractivity contribution in [2.24, 2.45) is 0 Å². The van der Waals surface area contributed by atoms with E-state index in [1.807, 2.05) is 12.1 Å². The summed E-state index contributed by atoms with van der Waals surface area (Å²) >= 11 is 0. The summed E-state index contributed by atoms with van der Waals surface area (Å²) in [5.41, 5.74) is 5.65. The van der Waals surface area contributed by atoms with E-state index in [0.717, 1.165) is 53.7 Å². The second-order valence-corrected chi connectivity index (χ2v) is 9.44. The molecule has 2 aliphatic rings. The fraction of sp³-hybridized carbons (Fsp3) is 0.367. The molecule has 1 aliphatic carbocycles. The molecule has 0 unspecified atom stereocenters. The highest BCUT2D eigenvalue weighted by atomic mass is 16.5. The first kappa shape index (κ1) is 26.5. The molecule has 206 valence electrons. The number of rotatable bonds is 9. The topological polar surface area (TPSA) is 84.9 Å². The Bertz CT molecular complexity index is 1430. The molecule has 1 heterocycles. The highest BCUT2D eigenvalue weighted by Crippen LogP contribution is 2.58. The normalized spacial score (nSPS) is 15.5. The van der Waals surface area contributed by atoms with Crippen LogP contribution in [0.1, 0.15) is 33.1 Å². The molecule has 0 N–H and O–H groups in total. The van der Waals surface area contributed by atoms with E-state index in [2.05, 4.69) is 11.9 Å². The molecule has 9 nitrogen and oxygen atoms in total. The zero-order chi connectivity index (χ0) is 27.8. The fourth-order valence-electron chi connectivity index (χ4n) is 5.78. The zero-order valence-corrected chi connectivity index (χ0v) is 23.3. The van der Waals surface area contributed by atoms with Gasteiger partial charge in [0.1, 0.15) is 5.75 Å². The fourth-order valence-corrected chi connectivity index (χ4v) is 5.78. The highest BCUT2D eigenvalue weighted by Gasteiger charge is 2.39. The molecule has 39 heavy (non-hydrogen) atoms. The lowest BCUT2D eigenvalue weighted by atomic mass is 9.76. The molecule has 0 amide bonds. The van der Waals surface area contributed by atoms with Crippen molar-refractivity contribution in [2.75, 3.05) is 56.3 Å². The van der Waals surface area contributed by atoms with Crippen molar-refractivity contribution in [3.8, 4) is 57.1 Å². The van der Waals surface area contributed by atoms with E-state index in [1.54, 1.807) is 40.6 Å². The van der Waals surface area contributed by atoms with Crippen molar-refractivity contribution in [1.29, 1.82) is 0 Å². The molecule has 0 spiro atoms. The van der Waals surface area contributed by atoms with E-state index in [0.29, 0.717) is 45.8 Å². The molecule has 0 saturated heterocycles. The molecule has 1 aliphatic heterocycles. The first-order chi connectivity index (χ1) is 18.9. The van der Waals surface area contributed by atoms with Gasteiger partial charge in [0.15, 0.2) is 40.8 Å². The van der Waals surface area contributed by atoms with E-state index in [9.17, 15) is 4.79 Å².